The monoisotopic (exact) mass is 473 g/mol. The minimum Gasteiger partial charge on any atom is -0.493 e. The summed E-state index contributed by atoms with van der Waals surface area (Å²) in [6, 6.07) is 3.95. The fraction of sp³-hybridized carbons (Fsp3) is 0.571. The summed E-state index contributed by atoms with van der Waals surface area (Å²) in [5.74, 6) is 1.44. The number of thioether (sulfide) groups is 1. The number of nitrogens with one attached hydrogen (secondary N) is 2. The number of benzene rings is 1. The Morgan fingerprint density at radius 3 is 2.42 bits per heavy atom. The summed E-state index contributed by atoms with van der Waals surface area (Å²) >= 11 is 1.66. The summed E-state index contributed by atoms with van der Waals surface area (Å²) in [7, 11) is 3.13. The van der Waals surface area contributed by atoms with Crippen LogP contribution in [0.5, 0.6) is 11.5 Å². The normalized spacial score (nSPS) is 29.8. The number of H-pyrrole nitrogens is 1. The summed E-state index contributed by atoms with van der Waals surface area (Å²) in [6.07, 6.45) is 0. The molecule has 0 spiro atoms. The van der Waals surface area contributed by atoms with E-state index in [2.05, 4.69) is 39.8 Å². The molecule has 3 saturated heterocycles. The molecule has 3 aliphatic rings. The molecule has 0 saturated carbocycles. The highest BCUT2D eigenvalue weighted by Gasteiger charge is 2.67. The standard InChI is InChI=1S/C21H27N7O4S/c1-20(2)15(16-23-25-26-24-16)27-18(30)14(19(27)33-20)28-17(29)13(22-21(28,3)4)10-7-8-11(31-5)12(9-10)32-6/h7-9,13-15,19,22H,1-6H3,(H,23,24,25,26)/t13?,14?,15?,19-/m1/s1. The van der Waals surface area contributed by atoms with Crippen LogP contribution < -0.4 is 14.8 Å². The minimum absolute atomic E-state index is 0.101. The molecule has 176 valence electrons. The molecule has 4 heterocycles. The van der Waals surface area contributed by atoms with Gasteiger partial charge >= 0.3 is 0 Å². The van der Waals surface area contributed by atoms with Gasteiger partial charge in [-0.05, 0) is 55.8 Å². The average molecular weight is 474 g/mol. The number of rotatable bonds is 5. The van der Waals surface area contributed by atoms with E-state index in [4.69, 9.17) is 9.47 Å². The maximum atomic E-state index is 13.7. The zero-order chi connectivity index (χ0) is 23.7. The fourth-order valence-corrected chi connectivity index (χ4v) is 6.88. The van der Waals surface area contributed by atoms with Crippen LogP contribution in [0.1, 0.15) is 51.2 Å². The van der Waals surface area contributed by atoms with Crippen LogP contribution in [0.2, 0.25) is 0 Å². The van der Waals surface area contributed by atoms with E-state index in [-0.39, 0.29) is 28.0 Å². The summed E-state index contributed by atoms with van der Waals surface area (Å²) in [5.41, 5.74) is 0.0274. The van der Waals surface area contributed by atoms with Gasteiger partial charge in [0, 0.05) is 4.75 Å². The van der Waals surface area contributed by atoms with Crippen LogP contribution in [0.4, 0.5) is 0 Å². The topological polar surface area (TPSA) is 126 Å². The number of hydrogen-bond donors (Lipinski definition) is 2. The number of aromatic amines is 1. The number of carbonyl (C=O) groups excluding carboxylic acids is 2. The van der Waals surface area contributed by atoms with Crippen LogP contribution in [0.15, 0.2) is 18.2 Å². The number of β-lactam (4-membered cyclic amide) rings is 1. The fourth-order valence-electron chi connectivity index (χ4n) is 5.20. The molecule has 1 aromatic heterocycles. The molecule has 2 N–H and O–H groups in total. The van der Waals surface area contributed by atoms with E-state index in [1.807, 2.05) is 19.9 Å². The van der Waals surface area contributed by atoms with E-state index in [1.165, 1.54) is 0 Å². The average Bonchev–Trinajstić information content (AvgIpc) is 3.44. The maximum absolute atomic E-state index is 13.7. The SMILES string of the molecule is COc1ccc(C2NC(C)(C)N(C3C(=O)N4C(c5nnn[nH]5)C(C)(C)S[C@H]34)C2=O)cc1OC. The van der Waals surface area contributed by atoms with E-state index in [9.17, 15) is 9.59 Å². The Labute approximate surface area is 195 Å². The van der Waals surface area contributed by atoms with E-state index >= 15 is 0 Å². The largest absolute Gasteiger partial charge is 0.493 e. The third kappa shape index (κ3) is 3.11. The Kier molecular flexibility index (Phi) is 4.87. The summed E-state index contributed by atoms with van der Waals surface area (Å²) < 4.78 is 10.4. The number of fused-ring (bicyclic) bond motifs is 1. The Bertz CT molecular complexity index is 1110. The molecule has 0 bridgehead atoms. The molecule has 12 heteroatoms. The molecule has 33 heavy (non-hydrogen) atoms. The van der Waals surface area contributed by atoms with Crippen LogP contribution in [0.25, 0.3) is 0 Å². The van der Waals surface area contributed by atoms with Gasteiger partial charge in [0.25, 0.3) is 0 Å². The number of carbonyl (C=O) groups is 2. The summed E-state index contributed by atoms with van der Waals surface area (Å²) in [6.45, 7) is 7.97. The van der Waals surface area contributed by atoms with Crippen LogP contribution in [-0.4, -0.2) is 78.3 Å². The molecule has 3 fully saturated rings. The molecule has 3 aliphatic heterocycles. The Morgan fingerprint density at radius 1 is 1.06 bits per heavy atom. The van der Waals surface area contributed by atoms with Gasteiger partial charge in [-0.3, -0.25) is 14.9 Å². The van der Waals surface area contributed by atoms with Crippen LogP contribution in [0, 0.1) is 0 Å². The first-order valence-corrected chi connectivity index (χ1v) is 11.5. The van der Waals surface area contributed by atoms with Crippen molar-refractivity contribution in [2.45, 2.75) is 61.6 Å². The van der Waals surface area contributed by atoms with Gasteiger partial charge in [0.2, 0.25) is 11.8 Å². The first kappa shape index (κ1) is 22.0. The molecule has 0 radical (unpaired) electrons. The number of tetrazole rings is 1. The second-order valence-electron chi connectivity index (χ2n) is 9.45. The van der Waals surface area contributed by atoms with Gasteiger partial charge in [0.05, 0.1) is 19.9 Å². The molecule has 2 aromatic rings. The second-order valence-corrected chi connectivity index (χ2v) is 11.2. The lowest BCUT2D eigenvalue weighted by atomic mass is 9.93. The van der Waals surface area contributed by atoms with Crippen LogP contribution in [-0.2, 0) is 9.59 Å². The molecule has 11 nitrogen and oxygen atoms in total. The highest BCUT2D eigenvalue weighted by molar-refractivity contribution is 8.01. The number of methoxy groups -OCH3 is 2. The quantitative estimate of drug-likeness (QED) is 0.617. The first-order valence-electron chi connectivity index (χ1n) is 10.7. The van der Waals surface area contributed by atoms with E-state index in [0.29, 0.717) is 17.3 Å². The lowest BCUT2D eigenvalue weighted by Crippen LogP contribution is -2.71. The number of aromatic nitrogens is 4. The molecule has 5 rings (SSSR count). The molecule has 4 atom stereocenters. The third-order valence-corrected chi connectivity index (χ3v) is 8.19. The molecule has 3 unspecified atom stereocenters. The third-order valence-electron chi connectivity index (χ3n) is 6.64. The predicted molar refractivity (Wildman–Crippen MR) is 119 cm³/mol. The molecule has 2 amide bonds. The smallest absolute Gasteiger partial charge is 0.250 e. The minimum atomic E-state index is -0.724. The molecule has 0 aliphatic carbocycles. The van der Waals surface area contributed by atoms with Gasteiger partial charge in [-0.2, -0.15) is 0 Å². The summed E-state index contributed by atoms with van der Waals surface area (Å²) in [4.78, 5) is 30.6. The maximum Gasteiger partial charge on any atom is 0.250 e. The van der Waals surface area contributed by atoms with Gasteiger partial charge in [0.1, 0.15) is 23.5 Å². The number of hydrogen-bond acceptors (Lipinski definition) is 9. The van der Waals surface area contributed by atoms with Crippen molar-refractivity contribution >= 4 is 23.6 Å². The van der Waals surface area contributed by atoms with Crippen molar-refractivity contribution in [2.24, 2.45) is 0 Å². The zero-order valence-corrected chi connectivity index (χ0v) is 20.1. The van der Waals surface area contributed by atoms with Crippen molar-refractivity contribution in [3.05, 3.63) is 29.6 Å². The van der Waals surface area contributed by atoms with Crippen LogP contribution >= 0.6 is 11.8 Å². The summed E-state index contributed by atoms with van der Waals surface area (Å²) in [5, 5.41) is 17.4. The van der Waals surface area contributed by atoms with Gasteiger partial charge in [-0.25, -0.2) is 5.10 Å². The van der Waals surface area contributed by atoms with Gasteiger partial charge in [-0.15, -0.1) is 16.9 Å². The predicted octanol–water partition coefficient (Wildman–Crippen LogP) is 1.23. The molecule has 1 aromatic carbocycles. The van der Waals surface area contributed by atoms with E-state index in [1.54, 1.807) is 47.9 Å². The second kappa shape index (κ2) is 7.32. The zero-order valence-electron chi connectivity index (χ0n) is 19.3. The Hall–Kier alpha value is -2.86. The number of nitrogens with zero attached hydrogens (tertiary/aromatic N) is 5. The van der Waals surface area contributed by atoms with E-state index in [0.717, 1.165) is 5.56 Å². The number of ether oxygens (including phenoxy) is 2. The van der Waals surface area contributed by atoms with Crippen molar-refractivity contribution < 1.29 is 19.1 Å². The number of amides is 2. The molecular weight excluding hydrogens is 446 g/mol. The highest BCUT2D eigenvalue weighted by atomic mass is 32.2. The molecular formula is C21H27N7O4S. The van der Waals surface area contributed by atoms with Crippen molar-refractivity contribution in [2.75, 3.05) is 14.2 Å². The van der Waals surface area contributed by atoms with Crippen molar-refractivity contribution in [1.29, 1.82) is 0 Å². The Morgan fingerprint density at radius 2 is 1.79 bits per heavy atom. The van der Waals surface area contributed by atoms with Gasteiger partial charge in [0.15, 0.2) is 17.3 Å². The van der Waals surface area contributed by atoms with Crippen molar-refractivity contribution in [3.63, 3.8) is 0 Å². The van der Waals surface area contributed by atoms with Gasteiger partial charge < -0.3 is 19.3 Å². The Balaban J connectivity index is 1.45. The van der Waals surface area contributed by atoms with Crippen LogP contribution in [0.3, 0.4) is 0 Å². The lowest BCUT2D eigenvalue weighted by molar-refractivity contribution is -0.165. The van der Waals surface area contributed by atoms with Crippen molar-refractivity contribution in [3.8, 4) is 11.5 Å². The van der Waals surface area contributed by atoms with E-state index < -0.39 is 17.7 Å². The highest BCUT2D eigenvalue weighted by Crippen LogP contribution is 2.58. The first-order chi connectivity index (χ1) is 15.6. The lowest BCUT2D eigenvalue weighted by Gasteiger charge is -2.50. The van der Waals surface area contributed by atoms with Gasteiger partial charge in [-0.1, -0.05) is 6.07 Å². The van der Waals surface area contributed by atoms with Crippen molar-refractivity contribution in [1.82, 2.24) is 35.7 Å².